The molecule has 1 aliphatic heterocycles. The van der Waals surface area contributed by atoms with Crippen LogP contribution < -0.4 is 10.3 Å². The molecule has 1 saturated heterocycles. The Balaban J connectivity index is 1.59. The smallest absolute Gasteiger partial charge is 0.192 e. The van der Waals surface area contributed by atoms with E-state index in [0.29, 0.717) is 5.65 Å². The van der Waals surface area contributed by atoms with E-state index in [4.69, 9.17) is 15.0 Å². The minimum absolute atomic E-state index is 0.0115. The van der Waals surface area contributed by atoms with Crippen molar-refractivity contribution in [3.8, 4) is 0 Å². The normalized spacial score (nSPS) is 24.7. The number of aromatic nitrogens is 4. The molecule has 0 spiro atoms. The molecule has 1 fully saturated rings. The molecule has 3 aromatic rings. The third kappa shape index (κ3) is 3.16. The van der Waals surface area contributed by atoms with E-state index in [1.165, 1.54) is 22.0 Å². The Labute approximate surface area is 159 Å². The molecular weight excluding hydrogens is 366 g/mol. The van der Waals surface area contributed by atoms with Crippen molar-refractivity contribution in [1.82, 2.24) is 19.3 Å². The number of hydrogen-bond acceptors (Lipinski definition) is 8. The highest BCUT2D eigenvalue weighted by molar-refractivity contribution is 5.68. The van der Waals surface area contributed by atoms with E-state index in [2.05, 4.69) is 9.97 Å². The first kappa shape index (κ1) is 18.6. The maximum absolute atomic E-state index is 10.2. The minimum atomic E-state index is -1.25. The number of imidazole rings is 1. The molecule has 28 heavy (non-hydrogen) atoms. The van der Waals surface area contributed by atoms with Gasteiger partial charge in [0.1, 0.15) is 31.2 Å². The third-order valence-corrected chi connectivity index (χ3v) is 4.78. The number of ether oxygens (including phenoxy) is 1. The first-order valence-electron chi connectivity index (χ1n) is 8.79. The fraction of sp³-hybridized carbons (Fsp3) is 0.389. The highest BCUT2D eigenvalue weighted by Crippen LogP contribution is 2.30. The molecule has 10 nitrogen and oxygen atoms in total. The number of aryl methyl sites for hydroxylation is 1. The standard InChI is InChI=1S/C18H21N5O5/c1-10-2-4-11(5-3-10)7-27-23-9-21-17-13(16(23)19)20-8-22(17)18-15(26)14(25)12(6-24)28-18/h2-5,8-9,12,14-15,18-19,24-26H,6-7H2,1H3/t12-,14-,15-,18-/m1/s1. The van der Waals surface area contributed by atoms with Crippen LogP contribution >= 0.6 is 0 Å². The summed E-state index contributed by atoms with van der Waals surface area (Å²) in [5.41, 5.74) is 2.65. The number of rotatable bonds is 5. The van der Waals surface area contributed by atoms with Gasteiger partial charge in [-0.1, -0.05) is 29.8 Å². The molecule has 1 aliphatic rings. The number of benzene rings is 1. The van der Waals surface area contributed by atoms with Crippen molar-refractivity contribution in [2.45, 2.75) is 38.1 Å². The van der Waals surface area contributed by atoms with Crippen LogP contribution in [-0.2, 0) is 11.3 Å². The average molecular weight is 387 g/mol. The lowest BCUT2D eigenvalue weighted by molar-refractivity contribution is -0.0511. The van der Waals surface area contributed by atoms with Gasteiger partial charge in [0.2, 0.25) is 0 Å². The van der Waals surface area contributed by atoms with Crippen molar-refractivity contribution in [1.29, 1.82) is 5.41 Å². The van der Waals surface area contributed by atoms with E-state index >= 15 is 0 Å². The Bertz CT molecular complexity index is 1030. The van der Waals surface area contributed by atoms with E-state index in [9.17, 15) is 15.3 Å². The summed E-state index contributed by atoms with van der Waals surface area (Å²) in [6.07, 6.45) is -1.63. The van der Waals surface area contributed by atoms with E-state index in [0.717, 1.165) is 11.1 Å². The van der Waals surface area contributed by atoms with Gasteiger partial charge < -0.3 is 24.9 Å². The van der Waals surface area contributed by atoms with Crippen molar-refractivity contribution in [3.63, 3.8) is 0 Å². The second-order valence-corrected chi connectivity index (χ2v) is 6.73. The zero-order valence-electron chi connectivity index (χ0n) is 15.1. The first-order valence-corrected chi connectivity index (χ1v) is 8.79. The highest BCUT2D eigenvalue weighted by atomic mass is 16.7. The van der Waals surface area contributed by atoms with Crippen LogP contribution in [0.5, 0.6) is 0 Å². The zero-order valence-corrected chi connectivity index (χ0v) is 15.1. The Morgan fingerprint density at radius 2 is 1.89 bits per heavy atom. The van der Waals surface area contributed by atoms with Gasteiger partial charge in [0.15, 0.2) is 22.9 Å². The first-order chi connectivity index (χ1) is 13.5. The van der Waals surface area contributed by atoms with Crippen LogP contribution in [0, 0.1) is 12.3 Å². The Morgan fingerprint density at radius 1 is 1.14 bits per heavy atom. The van der Waals surface area contributed by atoms with Crippen molar-refractivity contribution < 1.29 is 24.9 Å². The van der Waals surface area contributed by atoms with Gasteiger partial charge in [0.25, 0.3) is 0 Å². The minimum Gasteiger partial charge on any atom is -0.406 e. The number of fused-ring (bicyclic) bond motifs is 1. The van der Waals surface area contributed by atoms with Crippen LogP contribution in [0.15, 0.2) is 36.9 Å². The zero-order chi connectivity index (χ0) is 19.8. The second kappa shape index (κ2) is 7.32. The maximum atomic E-state index is 10.2. The van der Waals surface area contributed by atoms with Gasteiger partial charge >= 0.3 is 0 Å². The topological polar surface area (TPSA) is 139 Å². The number of nitrogens with one attached hydrogen (secondary N) is 1. The fourth-order valence-corrected chi connectivity index (χ4v) is 3.14. The molecule has 2 aromatic heterocycles. The summed E-state index contributed by atoms with van der Waals surface area (Å²) in [6.45, 7) is 1.84. The molecule has 0 bridgehead atoms. The molecule has 148 valence electrons. The van der Waals surface area contributed by atoms with E-state index in [1.807, 2.05) is 31.2 Å². The Morgan fingerprint density at radius 3 is 2.57 bits per heavy atom. The number of nitrogens with zero attached hydrogens (tertiary/aromatic N) is 4. The predicted molar refractivity (Wildman–Crippen MR) is 95.8 cm³/mol. The van der Waals surface area contributed by atoms with Gasteiger partial charge in [0, 0.05) is 0 Å². The molecule has 3 heterocycles. The third-order valence-electron chi connectivity index (χ3n) is 4.78. The summed E-state index contributed by atoms with van der Waals surface area (Å²) in [7, 11) is 0. The Kier molecular flexibility index (Phi) is 4.85. The van der Waals surface area contributed by atoms with Gasteiger partial charge in [-0.3, -0.25) is 9.98 Å². The highest BCUT2D eigenvalue weighted by Gasteiger charge is 2.43. The lowest BCUT2D eigenvalue weighted by atomic mass is 10.1. The summed E-state index contributed by atoms with van der Waals surface area (Å²) in [6, 6.07) is 7.86. The number of aliphatic hydroxyl groups excluding tert-OH is 3. The maximum Gasteiger partial charge on any atom is 0.192 e. The van der Waals surface area contributed by atoms with Gasteiger partial charge in [-0.2, -0.15) is 4.73 Å². The van der Waals surface area contributed by atoms with Gasteiger partial charge in [-0.25, -0.2) is 9.97 Å². The quantitative estimate of drug-likeness (QED) is 0.452. The molecule has 4 atom stereocenters. The van der Waals surface area contributed by atoms with Crippen LogP contribution in [0.4, 0.5) is 0 Å². The van der Waals surface area contributed by atoms with E-state index < -0.39 is 31.1 Å². The van der Waals surface area contributed by atoms with Crippen LogP contribution in [-0.4, -0.2) is 59.5 Å². The predicted octanol–water partition coefficient (Wildman–Crippen LogP) is -0.739. The largest absolute Gasteiger partial charge is 0.406 e. The molecule has 0 radical (unpaired) electrons. The van der Waals surface area contributed by atoms with Crippen LogP contribution in [0.3, 0.4) is 0 Å². The summed E-state index contributed by atoms with van der Waals surface area (Å²) >= 11 is 0. The molecule has 4 rings (SSSR count). The molecule has 0 aliphatic carbocycles. The average Bonchev–Trinajstić information content (AvgIpc) is 3.24. The SMILES string of the molecule is Cc1ccc(COn2cnc3c(ncn3[C@@H]3O[C@H](CO)[C@@H](O)[C@H]3O)c2=N)cc1. The molecule has 10 heteroatoms. The molecule has 4 N–H and O–H groups in total. The van der Waals surface area contributed by atoms with Crippen molar-refractivity contribution in [2.75, 3.05) is 6.61 Å². The summed E-state index contributed by atoms with van der Waals surface area (Å²) < 4.78 is 8.16. The number of aliphatic hydroxyl groups is 3. The molecule has 1 aromatic carbocycles. The van der Waals surface area contributed by atoms with Crippen molar-refractivity contribution in [2.24, 2.45) is 0 Å². The van der Waals surface area contributed by atoms with Crippen LogP contribution in [0.1, 0.15) is 17.4 Å². The molecule has 0 saturated carbocycles. The Hall–Kier alpha value is -2.79. The monoisotopic (exact) mass is 387 g/mol. The molecule has 0 amide bonds. The van der Waals surface area contributed by atoms with Crippen molar-refractivity contribution >= 4 is 11.2 Å². The van der Waals surface area contributed by atoms with E-state index in [-0.39, 0.29) is 17.6 Å². The van der Waals surface area contributed by atoms with Gasteiger partial charge in [-0.05, 0) is 12.5 Å². The molecular formula is C18H21N5O5. The fourth-order valence-electron chi connectivity index (χ4n) is 3.14. The lowest BCUT2D eigenvalue weighted by Gasteiger charge is -2.16. The van der Waals surface area contributed by atoms with Gasteiger partial charge in [-0.15, -0.1) is 0 Å². The van der Waals surface area contributed by atoms with E-state index in [1.54, 1.807) is 0 Å². The summed E-state index contributed by atoms with van der Waals surface area (Å²) in [5.74, 6) is 0. The molecule has 0 unspecified atom stereocenters. The summed E-state index contributed by atoms with van der Waals surface area (Å²) in [5, 5.41) is 37.7. The number of hydrogen-bond donors (Lipinski definition) is 4. The lowest BCUT2D eigenvalue weighted by Crippen LogP contribution is -2.33. The van der Waals surface area contributed by atoms with Crippen LogP contribution in [0.2, 0.25) is 0 Å². The summed E-state index contributed by atoms with van der Waals surface area (Å²) in [4.78, 5) is 14.1. The second-order valence-electron chi connectivity index (χ2n) is 6.73. The van der Waals surface area contributed by atoms with Crippen LogP contribution in [0.25, 0.3) is 11.2 Å². The van der Waals surface area contributed by atoms with Gasteiger partial charge in [0.05, 0.1) is 12.9 Å². The van der Waals surface area contributed by atoms with Crippen molar-refractivity contribution in [3.05, 3.63) is 53.5 Å².